The van der Waals surface area contributed by atoms with Gasteiger partial charge in [-0.15, -0.1) is 11.8 Å². The molecule has 0 aliphatic carbocycles. The third-order valence-corrected chi connectivity index (χ3v) is 6.05. The van der Waals surface area contributed by atoms with Crippen LogP contribution in [0.2, 0.25) is 0 Å². The van der Waals surface area contributed by atoms with Crippen LogP contribution in [0.25, 0.3) is 0 Å². The largest absolute Gasteiger partial charge is 0.322 e. The first-order chi connectivity index (χ1) is 17.0. The first kappa shape index (κ1) is 23.7. The van der Waals surface area contributed by atoms with E-state index in [2.05, 4.69) is 5.32 Å². The number of rotatable bonds is 8. The van der Waals surface area contributed by atoms with Crippen LogP contribution in [0.1, 0.15) is 10.4 Å². The fourth-order valence-corrected chi connectivity index (χ4v) is 4.21. The van der Waals surface area contributed by atoms with E-state index in [1.54, 1.807) is 23.1 Å². The molecule has 0 spiro atoms. The molecule has 0 bridgehead atoms. The number of nitrogens with zero attached hydrogens (tertiary/aromatic N) is 2. The first-order valence-corrected chi connectivity index (χ1v) is 11.7. The Labute approximate surface area is 206 Å². The second-order valence-corrected chi connectivity index (χ2v) is 8.52. The van der Waals surface area contributed by atoms with Crippen LogP contribution in [-0.4, -0.2) is 22.5 Å². The van der Waals surface area contributed by atoms with Crippen LogP contribution in [0.4, 0.5) is 22.7 Å². The van der Waals surface area contributed by atoms with Crippen molar-refractivity contribution >= 4 is 46.3 Å². The van der Waals surface area contributed by atoms with Crippen LogP contribution in [0.15, 0.2) is 114 Å². The molecule has 2 amide bonds. The smallest absolute Gasteiger partial charge is 0.269 e. The highest BCUT2D eigenvalue weighted by atomic mass is 32.2. The van der Waals surface area contributed by atoms with Crippen LogP contribution in [0, 0.1) is 10.1 Å². The summed E-state index contributed by atoms with van der Waals surface area (Å²) in [4.78, 5) is 38.5. The van der Waals surface area contributed by atoms with E-state index in [9.17, 15) is 19.7 Å². The summed E-state index contributed by atoms with van der Waals surface area (Å²) in [6, 6.07) is 31.5. The Morgan fingerprint density at radius 3 is 1.97 bits per heavy atom. The Morgan fingerprint density at radius 1 is 0.800 bits per heavy atom. The molecule has 35 heavy (non-hydrogen) atoms. The van der Waals surface area contributed by atoms with Crippen LogP contribution >= 0.6 is 11.8 Å². The molecule has 0 heterocycles. The summed E-state index contributed by atoms with van der Waals surface area (Å²) in [7, 11) is 0. The van der Waals surface area contributed by atoms with E-state index in [1.807, 2.05) is 66.7 Å². The number of amides is 2. The lowest BCUT2D eigenvalue weighted by Crippen LogP contribution is -2.27. The van der Waals surface area contributed by atoms with Crippen molar-refractivity contribution in [3.8, 4) is 0 Å². The molecule has 4 aromatic carbocycles. The van der Waals surface area contributed by atoms with Crippen molar-refractivity contribution in [2.75, 3.05) is 16.0 Å². The summed E-state index contributed by atoms with van der Waals surface area (Å²) in [6.07, 6.45) is 0. The molecular formula is C27H21N3O4S. The van der Waals surface area contributed by atoms with Crippen molar-refractivity contribution in [3.63, 3.8) is 0 Å². The zero-order chi connectivity index (χ0) is 24.6. The highest BCUT2D eigenvalue weighted by molar-refractivity contribution is 8.00. The predicted molar refractivity (Wildman–Crippen MR) is 138 cm³/mol. The number of hydrogen-bond acceptors (Lipinski definition) is 5. The molecule has 174 valence electrons. The minimum absolute atomic E-state index is 0.0762. The van der Waals surface area contributed by atoms with Crippen LogP contribution in [0.5, 0.6) is 0 Å². The fraction of sp³-hybridized carbons (Fsp3) is 0.0370. The Kier molecular flexibility index (Phi) is 7.54. The van der Waals surface area contributed by atoms with E-state index >= 15 is 0 Å². The van der Waals surface area contributed by atoms with Gasteiger partial charge < -0.3 is 5.32 Å². The zero-order valence-corrected chi connectivity index (χ0v) is 19.4. The molecule has 0 aliphatic rings. The number of para-hydroxylation sites is 2. The molecular weight excluding hydrogens is 462 g/mol. The Balaban J connectivity index is 1.44. The summed E-state index contributed by atoms with van der Waals surface area (Å²) < 4.78 is 0. The van der Waals surface area contributed by atoms with Gasteiger partial charge in [-0.25, -0.2) is 0 Å². The predicted octanol–water partition coefficient (Wildman–Crippen LogP) is 6.30. The molecule has 0 fully saturated rings. The molecule has 4 rings (SSSR count). The van der Waals surface area contributed by atoms with Gasteiger partial charge in [-0.1, -0.05) is 42.5 Å². The highest BCUT2D eigenvalue weighted by Crippen LogP contribution is 2.28. The number of nitrogens with one attached hydrogen (secondary N) is 1. The van der Waals surface area contributed by atoms with Crippen molar-refractivity contribution in [3.05, 3.63) is 125 Å². The molecule has 0 aliphatic heterocycles. The number of anilines is 3. The number of carbonyl (C=O) groups excluding carboxylic acids is 2. The third-order valence-electron chi connectivity index (χ3n) is 5.07. The zero-order valence-electron chi connectivity index (χ0n) is 18.5. The third kappa shape index (κ3) is 6.13. The lowest BCUT2D eigenvalue weighted by molar-refractivity contribution is -0.384. The average Bonchev–Trinajstić information content (AvgIpc) is 2.89. The van der Waals surface area contributed by atoms with Gasteiger partial charge in [0.15, 0.2) is 0 Å². The maximum absolute atomic E-state index is 13.2. The highest BCUT2D eigenvalue weighted by Gasteiger charge is 2.18. The van der Waals surface area contributed by atoms with Crippen molar-refractivity contribution < 1.29 is 14.5 Å². The maximum Gasteiger partial charge on any atom is 0.269 e. The molecule has 4 aromatic rings. The topological polar surface area (TPSA) is 92.6 Å². The van der Waals surface area contributed by atoms with Crippen molar-refractivity contribution in [1.82, 2.24) is 0 Å². The van der Waals surface area contributed by atoms with Crippen molar-refractivity contribution in [1.29, 1.82) is 0 Å². The van der Waals surface area contributed by atoms with Gasteiger partial charge in [-0.05, 0) is 54.6 Å². The molecule has 0 radical (unpaired) electrons. The lowest BCUT2D eigenvalue weighted by Gasteiger charge is -2.23. The van der Waals surface area contributed by atoms with Gasteiger partial charge in [0.2, 0.25) is 5.91 Å². The summed E-state index contributed by atoms with van der Waals surface area (Å²) in [6.45, 7) is 0. The normalized spacial score (nSPS) is 10.4. The monoisotopic (exact) mass is 483 g/mol. The summed E-state index contributed by atoms with van der Waals surface area (Å²) >= 11 is 1.37. The van der Waals surface area contributed by atoms with Crippen LogP contribution in [-0.2, 0) is 4.79 Å². The molecule has 0 aromatic heterocycles. The molecule has 1 N–H and O–H groups in total. The molecule has 7 nitrogen and oxygen atoms in total. The summed E-state index contributed by atoms with van der Waals surface area (Å²) in [5.74, 6) is -0.256. The van der Waals surface area contributed by atoms with Gasteiger partial charge >= 0.3 is 0 Å². The number of non-ortho nitro benzene ring substituents is 1. The van der Waals surface area contributed by atoms with Gasteiger partial charge in [-0.3, -0.25) is 24.6 Å². The molecule has 8 heteroatoms. The minimum Gasteiger partial charge on any atom is -0.322 e. The number of thioether (sulfide) groups is 1. The molecule has 0 saturated carbocycles. The number of nitro groups is 1. The number of carbonyl (C=O) groups is 2. The maximum atomic E-state index is 13.2. The van der Waals surface area contributed by atoms with Crippen LogP contribution < -0.4 is 10.2 Å². The standard InChI is InChI=1S/C27H21N3O4S/c31-26(29(22-9-3-1-4-10-22)23-11-5-2-6-12-23)19-35-25-13-7-8-21(18-25)28-27(32)20-14-16-24(17-15-20)30(33)34/h1-18H,19H2,(H,28,32). The quantitative estimate of drug-likeness (QED) is 0.180. The van der Waals surface area contributed by atoms with E-state index in [-0.39, 0.29) is 23.3 Å². The van der Waals surface area contributed by atoms with Crippen molar-refractivity contribution in [2.24, 2.45) is 0 Å². The molecule has 0 saturated heterocycles. The van der Waals surface area contributed by atoms with E-state index in [1.165, 1.54) is 36.0 Å². The Bertz CT molecular complexity index is 1290. The Hall–Kier alpha value is -4.43. The number of benzene rings is 4. The molecule has 0 unspecified atom stereocenters. The average molecular weight is 484 g/mol. The van der Waals surface area contributed by atoms with E-state index in [0.717, 1.165) is 16.3 Å². The van der Waals surface area contributed by atoms with Crippen molar-refractivity contribution in [2.45, 2.75) is 4.90 Å². The van der Waals surface area contributed by atoms with Gasteiger partial charge in [0.1, 0.15) is 0 Å². The first-order valence-electron chi connectivity index (χ1n) is 10.7. The van der Waals surface area contributed by atoms with Gasteiger partial charge in [-0.2, -0.15) is 0 Å². The Morgan fingerprint density at radius 2 is 1.40 bits per heavy atom. The summed E-state index contributed by atoms with van der Waals surface area (Å²) in [5, 5.41) is 13.6. The number of nitro benzene ring substituents is 1. The lowest BCUT2D eigenvalue weighted by atomic mass is 10.2. The second-order valence-electron chi connectivity index (χ2n) is 7.47. The molecule has 0 atom stereocenters. The second kappa shape index (κ2) is 11.1. The van der Waals surface area contributed by atoms with Crippen LogP contribution in [0.3, 0.4) is 0 Å². The van der Waals surface area contributed by atoms with E-state index in [0.29, 0.717) is 11.3 Å². The van der Waals surface area contributed by atoms with E-state index in [4.69, 9.17) is 0 Å². The summed E-state index contributed by atoms with van der Waals surface area (Å²) in [5.41, 5.74) is 2.37. The van der Waals surface area contributed by atoms with Gasteiger partial charge in [0.05, 0.1) is 10.7 Å². The number of hydrogen-bond donors (Lipinski definition) is 1. The van der Waals surface area contributed by atoms with Gasteiger partial charge in [0, 0.05) is 39.7 Å². The SMILES string of the molecule is O=C(Nc1cccc(SCC(=O)N(c2ccccc2)c2ccccc2)c1)c1ccc([N+](=O)[O-])cc1. The van der Waals surface area contributed by atoms with E-state index < -0.39 is 4.92 Å². The minimum atomic E-state index is -0.514. The van der Waals surface area contributed by atoms with Gasteiger partial charge in [0.25, 0.3) is 11.6 Å². The fourth-order valence-electron chi connectivity index (χ4n) is 3.40.